The third-order valence-corrected chi connectivity index (χ3v) is 7.54. The molecule has 1 saturated heterocycles. The second kappa shape index (κ2) is 10.9. The first-order chi connectivity index (χ1) is 17.2. The van der Waals surface area contributed by atoms with Crippen LogP contribution in [0, 0.1) is 12.7 Å². The lowest BCUT2D eigenvalue weighted by molar-refractivity contribution is -0.120. The van der Waals surface area contributed by atoms with E-state index in [1.807, 2.05) is 13.0 Å². The molecule has 36 heavy (non-hydrogen) atoms. The average Bonchev–Trinajstić information content (AvgIpc) is 3.19. The smallest absolute Gasteiger partial charge is 0.264 e. The number of benzene rings is 3. The van der Waals surface area contributed by atoms with Gasteiger partial charge in [0.05, 0.1) is 9.80 Å². The Morgan fingerprint density at radius 1 is 1.06 bits per heavy atom. The molecule has 0 aliphatic carbocycles. The molecule has 3 aromatic carbocycles. The molecule has 1 aliphatic heterocycles. The predicted molar refractivity (Wildman–Crippen MR) is 138 cm³/mol. The van der Waals surface area contributed by atoms with Gasteiger partial charge in [-0.15, -0.1) is 0 Å². The minimum Gasteiger partial charge on any atom is -0.301 e. The van der Waals surface area contributed by atoms with Gasteiger partial charge in [0.1, 0.15) is 11.9 Å². The van der Waals surface area contributed by atoms with Crippen molar-refractivity contribution in [2.45, 2.75) is 24.3 Å². The third-order valence-electron chi connectivity index (χ3n) is 5.26. The van der Waals surface area contributed by atoms with Crippen LogP contribution in [0.15, 0.2) is 93.7 Å². The van der Waals surface area contributed by atoms with Gasteiger partial charge in [-0.25, -0.2) is 22.5 Å². The highest BCUT2D eigenvalue weighted by molar-refractivity contribution is 8.18. The predicted octanol–water partition coefficient (Wildman–Crippen LogP) is 3.81. The lowest BCUT2D eigenvalue weighted by atomic mass is 10.1. The standard InChI is InChI=1S/C26H22FN3O4S2/c1-17-11-13-20(14-12-17)36(33,34)30-24(31)22(15-18-7-3-2-4-8-18)28-26-29-25(32)23(35-26)16-19-9-5-6-10-21(19)27/h2-14,16,22H,15H2,1H3,(H,30,31)(H,28,29,32)/b23-16-/t22-/m0/s1. The summed E-state index contributed by atoms with van der Waals surface area (Å²) in [6.07, 6.45) is 1.49. The summed E-state index contributed by atoms with van der Waals surface area (Å²) in [5.41, 5.74) is 1.87. The van der Waals surface area contributed by atoms with Crippen LogP contribution in [0.3, 0.4) is 0 Å². The van der Waals surface area contributed by atoms with Crippen molar-refractivity contribution in [2.24, 2.45) is 4.99 Å². The van der Waals surface area contributed by atoms with E-state index < -0.39 is 33.7 Å². The molecule has 2 amide bonds. The molecule has 2 N–H and O–H groups in total. The molecule has 0 aromatic heterocycles. The molecule has 10 heteroatoms. The number of aryl methyl sites for hydroxylation is 1. The highest BCUT2D eigenvalue weighted by Crippen LogP contribution is 2.27. The van der Waals surface area contributed by atoms with E-state index in [2.05, 4.69) is 15.0 Å². The molecule has 0 saturated carbocycles. The van der Waals surface area contributed by atoms with Gasteiger partial charge < -0.3 is 5.32 Å². The van der Waals surface area contributed by atoms with E-state index in [4.69, 9.17) is 0 Å². The third kappa shape index (κ3) is 6.27. The lowest BCUT2D eigenvalue weighted by Crippen LogP contribution is -2.39. The largest absolute Gasteiger partial charge is 0.301 e. The van der Waals surface area contributed by atoms with Gasteiger partial charge in [0.15, 0.2) is 5.17 Å². The number of carbonyl (C=O) groups excluding carboxylic acids is 2. The van der Waals surface area contributed by atoms with E-state index in [9.17, 15) is 22.4 Å². The van der Waals surface area contributed by atoms with Crippen molar-refractivity contribution in [2.75, 3.05) is 0 Å². The molecule has 1 aliphatic rings. The monoisotopic (exact) mass is 523 g/mol. The fraction of sp³-hybridized carbons (Fsp3) is 0.115. The Labute approximate surface area is 212 Å². The second-order valence-corrected chi connectivity index (χ2v) is 10.7. The van der Waals surface area contributed by atoms with E-state index in [-0.39, 0.29) is 27.0 Å². The average molecular weight is 524 g/mol. The molecule has 3 aromatic rings. The number of thioether (sulfide) groups is 1. The van der Waals surface area contributed by atoms with Gasteiger partial charge in [0, 0.05) is 12.0 Å². The minimum absolute atomic E-state index is 0.0498. The number of sulfonamides is 1. The summed E-state index contributed by atoms with van der Waals surface area (Å²) in [5.74, 6) is -1.81. The summed E-state index contributed by atoms with van der Waals surface area (Å²) in [6.45, 7) is 1.82. The topological polar surface area (TPSA) is 105 Å². The molecular weight excluding hydrogens is 501 g/mol. The Hall–Kier alpha value is -3.76. The number of amides is 2. The number of rotatable bonds is 7. The Bertz CT molecular complexity index is 1450. The number of nitrogens with one attached hydrogen (secondary N) is 2. The molecule has 0 radical (unpaired) electrons. The van der Waals surface area contributed by atoms with Gasteiger partial charge in [-0.2, -0.15) is 0 Å². The van der Waals surface area contributed by atoms with Crippen LogP contribution in [0.2, 0.25) is 0 Å². The highest BCUT2D eigenvalue weighted by atomic mass is 32.2. The minimum atomic E-state index is -4.13. The molecule has 0 unspecified atom stereocenters. The van der Waals surface area contributed by atoms with Gasteiger partial charge in [-0.3, -0.25) is 9.59 Å². The maximum atomic E-state index is 14.0. The Morgan fingerprint density at radius 3 is 2.42 bits per heavy atom. The lowest BCUT2D eigenvalue weighted by Gasteiger charge is -2.14. The maximum absolute atomic E-state index is 14.0. The van der Waals surface area contributed by atoms with Crippen molar-refractivity contribution >= 4 is 44.8 Å². The number of hydrogen-bond donors (Lipinski definition) is 2. The van der Waals surface area contributed by atoms with Crippen molar-refractivity contribution in [1.29, 1.82) is 0 Å². The molecule has 1 atom stereocenters. The van der Waals surface area contributed by atoms with Crippen LogP contribution < -0.4 is 10.0 Å². The van der Waals surface area contributed by atoms with Crippen LogP contribution in [-0.2, 0) is 26.0 Å². The van der Waals surface area contributed by atoms with E-state index in [1.165, 1.54) is 30.3 Å². The van der Waals surface area contributed by atoms with Gasteiger partial charge in [-0.05, 0) is 48.5 Å². The van der Waals surface area contributed by atoms with Gasteiger partial charge in [0.25, 0.3) is 21.8 Å². The molecule has 0 spiro atoms. The van der Waals surface area contributed by atoms with Crippen molar-refractivity contribution in [3.05, 3.63) is 106 Å². The summed E-state index contributed by atoms with van der Waals surface area (Å²) in [5, 5.41) is 2.69. The molecule has 4 rings (SSSR count). The van der Waals surface area contributed by atoms with E-state index in [0.29, 0.717) is 0 Å². The first kappa shape index (κ1) is 25.3. The number of aliphatic imine (C=N–C) groups is 1. The summed E-state index contributed by atoms with van der Waals surface area (Å²) in [6, 6.07) is 19.9. The van der Waals surface area contributed by atoms with Crippen LogP contribution >= 0.6 is 11.8 Å². The van der Waals surface area contributed by atoms with Crippen LogP contribution in [0.4, 0.5) is 4.39 Å². The molecule has 7 nitrogen and oxygen atoms in total. The van der Waals surface area contributed by atoms with Crippen molar-refractivity contribution < 1.29 is 22.4 Å². The number of halogens is 1. The number of nitrogens with zero attached hydrogens (tertiary/aromatic N) is 1. The van der Waals surface area contributed by atoms with Crippen molar-refractivity contribution in [3.63, 3.8) is 0 Å². The first-order valence-corrected chi connectivity index (χ1v) is 13.2. The summed E-state index contributed by atoms with van der Waals surface area (Å²) >= 11 is 0.949. The zero-order valence-electron chi connectivity index (χ0n) is 19.1. The summed E-state index contributed by atoms with van der Waals surface area (Å²) in [7, 11) is -4.13. The fourth-order valence-electron chi connectivity index (χ4n) is 3.37. The SMILES string of the molecule is Cc1ccc(S(=O)(=O)NC(=O)[C@H](Cc2ccccc2)N=C2NC(=O)/C(=C/c3ccccc3F)S2)cc1. The van der Waals surface area contributed by atoms with E-state index >= 15 is 0 Å². The molecular formula is C26H22FN3O4S2. The van der Waals surface area contributed by atoms with Crippen molar-refractivity contribution in [1.82, 2.24) is 10.0 Å². The normalized spacial score (nSPS) is 16.7. The Kier molecular flexibility index (Phi) is 7.66. The molecule has 184 valence electrons. The first-order valence-electron chi connectivity index (χ1n) is 10.9. The van der Waals surface area contributed by atoms with Crippen LogP contribution in [0.1, 0.15) is 16.7 Å². The Balaban J connectivity index is 1.60. The quantitative estimate of drug-likeness (QED) is 0.459. The zero-order valence-corrected chi connectivity index (χ0v) is 20.8. The summed E-state index contributed by atoms with van der Waals surface area (Å²) < 4.78 is 41.7. The van der Waals surface area contributed by atoms with E-state index in [0.717, 1.165) is 22.9 Å². The zero-order chi connectivity index (χ0) is 25.7. The van der Waals surface area contributed by atoms with Gasteiger partial charge in [-0.1, -0.05) is 66.2 Å². The van der Waals surface area contributed by atoms with E-state index in [1.54, 1.807) is 48.5 Å². The summed E-state index contributed by atoms with van der Waals surface area (Å²) in [4.78, 5) is 30.1. The maximum Gasteiger partial charge on any atom is 0.264 e. The van der Waals surface area contributed by atoms with Crippen molar-refractivity contribution in [3.8, 4) is 0 Å². The van der Waals surface area contributed by atoms with Gasteiger partial charge in [0.2, 0.25) is 0 Å². The van der Waals surface area contributed by atoms with Crippen LogP contribution in [0.5, 0.6) is 0 Å². The molecule has 1 fully saturated rings. The fourth-order valence-corrected chi connectivity index (χ4v) is 5.25. The van der Waals surface area contributed by atoms with Crippen LogP contribution in [0.25, 0.3) is 6.08 Å². The Morgan fingerprint density at radius 2 is 1.72 bits per heavy atom. The van der Waals surface area contributed by atoms with Crippen LogP contribution in [-0.4, -0.2) is 31.4 Å². The number of carbonyl (C=O) groups is 2. The molecule has 1 heterocycles. The number of hydrogen-bond acceptors (Lipinski definition) is 6. The number of amidine groups is 1. The highest BCUT2D eigenvalue weighted by Gasteiger charge is 2.29. The van der Waals surface area contributed by atoms with Gasteiger partial charge >= 0.3 is 0 Å². The molecule has 0 bridgehead atoms. The second-order valence-electron chi connectivity index (χ2n) is 8.01.